The van der Waals surface area contributed by atoms with E-state index in [4.69, 9.17) is 0 Å². The van der Waals surface area contributed by atoms with Crippen molar-refractivity contribution in [3.05, 3.63) is 49.1 Å². The van der Waals surface area contributed by atoms with Crippen molar-refractivity contribution in [1.82, 2.24) is 0 Å². The second-order valence-corrected chi connectivity index (χ2v) is 2.65. The third-order valence-corrected chi connectivity index (χ3v) is 1.40. The standard InChI is InChI=1S/C11H16/c1-5-7-9-11(8-6-2)10(3)4/h5-10H,1-2H2,3-4H3. The Morgan fingerprint density at radius 1 is 1.18 bits per heavy atom. The van der Waals surface area contributed by atoms with Crippen LogP contribution in [0.5, 0.6) is 0 Å². The van der Waals surface area contributed by atoms with E-state index in [1.54, 1.807) is 6.08 Å². The Kier molecular flexibility index (Phi) is 5.18. The van der Waals surface area contributed by atoms with Crippen molar-refractivity contribution in [2.75, 3.05) is 0 Å². The molecule has 0 amide bonds. The molecule has 0 aliphatic carbocycles. The van der Waals surface area contributed by atoms with Crippen LogP contribution in [0.4, 0.5) is 0 Å². The topological polar surface area (TPSA) is 0 Å². The van der Waals surface area contributed by atoms with Crippen LogP contribution >= 0.6 is 0 Å². The van der Waals surface area contributed by atoms with Crippen molar-refractivity contribution >= 4 is 0 Å². The van der Waals surface area contributed by atoms with Crippen LogP contribution in [-0.4, -0.2) is 0 Å². The van der Waals surface area contributed by atoms with Gasteiger partial charge in [0.15, 0.2) is 0 Å². The van der Waals surface area contributed by atoms with E-state index in [9.17, 15) is 0 Å². The normalized spacial score (nSPS) is 12.5. The molecular formula is C11H16. The summed E-state index contributed by atoms with van der Waals surface area (Å²) in [5, 5.41) is 0. The highest BCUT2D eigenvalue weighted by molar-refractivity contribution is 5.26. The lowest BCUT2D eigenvalue weighted by Crippen LogP contribution is -1.88. The van der Waals surface area contributed by atoms with Gasteiger partial charge in [0.05, 0.1) is 0 Å². The minimum Gasteiger partial charge on any atom is -0.0991 e. The lowest BCUT2D eigenvalue weighted by atomic mass is 10.0. The summed E-state index contributed by atoms with van der Waals surface area (Å²) >= 11 is 0. The Hall–Kier alpha value is -1.04. The highest BCUT2D eigenvalue weighted by Crippen LogP contribution is 2.10. The molecule has 0 saturated carbocycles. The molecule has 0 atom stereocenters. The van der Waals surface area contributed by atoms with E-state index >= 15 is 0 Å². The van der Waals surface area contributed by atoms with Gasteiger partial charge >= 0.3 is 0 Å². The first-order valence-electron chi connectivity index (χ1n) is 3.84. The van der Waals surface area contributed by atoms with Gasteiger partial charge in [-0.2, -0.15) is 0 Å². The molecule has 0 aromatic rings. The Morgan fingerprint density at radius 3 is 2.18 bits per heavy atom. The predicted octanol–water partition coefficient (Wildman–Crippen LogP) is 3.50. The average molecular weight is 148 g/mol. The third kappa shape index (κ3) is 4.38. The number of hydrogen-bond acceptors (Lipinski definition) is 0. The smallest absolute Gasteiger partial charge is 0.0219 e. The van der Waals surface area contributed by atoms with Gasteiger partial charge in [0.25, 0.3) is 0 Å². The SMILES string of the molecule is C=CC=CC(=CC=C)C(C)C. The molecule has 0 unspecified atom stereocenters. The van der Waals surface area contributed by atoms with Gasteiger partial charge in [-0.15, -0.1) is 0 Å². The van der Waals surface area contributed by atoms with Crippen LogP contribution in [0, 0.1) is 5.92 Å². The van der Waals surface area contributed by atoms with Crippen LogP contribution in [0.15, 0.2) is 49.1 Å². The molecule has 0 fully saturated rings. The third-order valence-electron chi connectivity index (χ3n) is 1.40. The molecule has 0 aliphatic heterocycles. The fourth-order valence-corrected chi connectivity index (χ4v) is 0.756. The molecule has 0 rings (SSSR count). The van der Waals surface area contributed by atoms with Gasteiger partial charge < -0.3 is 0 Å². The first-order valence-corrected chi connectivity index (χ1v) is 3.84. The largest absolute Gasteiger partial charge is 0.0991 e. The van der Waals surface area contributed by atoms with Crippen molar-refractivity contribution in [2.24, 2.45) is 5.92 Å². The van der Waals surface area contributed by atoms with Crippen molar-refractivity contribution in [3.8, 4) is 0 Å². The van der Waals surface area contributed by atoms with E-state index in [1.807, 2.05) is 18.2 Å². The van der Waals surface area contributed by atoms with Crippen LogP contribution in [0.2, 0.25) is 0 Å². The Bertz CT molecular complexity index is 180. The molecule has 0 spiro atoms. The van der Waals surface area contributed by atoms with Crippen LogP contribution in [-0.2, 0) is 0 Å². The van der Waals surface area contributed by atoms with E-state index in [0.717, 1.165) is 0 Å². The lowest BCUT2D eigenvalue weighted by Gasteiger charge is -2.03. The predicted molar refractivity (Wildman–Crippen MR) is 52.5 cm³/mol. The van der Waals surface area contributed by atoms with E-state index in [0.29, 0.717) is 5.92 Å². The fourth-order valence-electron chi connectivity index (χ4n) is 0.756. The lowest BCUT2D eigenvalue weighted by molar-refractivity contribution is 0.792. The van der Waals surface area contributed by atoms with Crippen molar-refractivity contribution in [3.63, 3.8) is 0 Å². The molecule has 0 aromatic heterocycles. The average Bonchev–Trinajstić information content (AvgIpc) is 1.97. The van der Waals surface area contributed by atoms with Gasteiger partial charge in [-0.3, -0.25) is 0 Å². The molecular weight excluding hydrogens is 132 g/mol. The summed E-state index contributed by atoms with van der Waals surface area (Å²) in [5.41, 5.74) is 1.28. The van der Waals surface area contributed by atoms with Crippen LogP contribution in [0.3, 0.4) is 0 Å². The van der Waals surface area contributed by atoms with Crippen molar-refractivity contribution in [1.29, 1.82) is 0 Å². The van der Waals surface area contributed by atoms with E-state index < -0.39 is 0 Å². The van der Waals surface area contributed by atoms with Crippen LogP contribution in [0.25, 0.3) is 0 Å². The van der Waals surface area contributed by atoms with E-state index in [1.165, 1.54) is 5.57 Å². The minimum atomic E-state index is 0.546. The molecule has 0 heterocycles. The minimum absolute atomic E-state index is 0.546. The number of rotatable bonds is 4. The van der Waals surface area contributed by atoms with Gasteiger partial charge in [-0.25, -0.2) is 0 Å². The van der Waals surface area contributed by atoms with Crippen LogP contribution < -0.4 is 0 Å². The molecule has 0 N–H and O–H groups in total. The Morgan fingerprint density at radius 2 is 1.82 bits per heavy atom. The van der Waals surface area contributed by atoms with Gasteiger partial charge in [0.1, 0.15) is 0 Å². The van der Waals surface area contributed by atoms with Gasteiger partial charge in [-0.05, 0) is 11.5 Å². The maximum absolute atomic E-state index is 3.65. The molecule has 0 saturated heterocycles. The highest BCUT2D eigenvalue weighted by Gasteiger charge is 1.95. The van der Waals surface area contributed by atoms with Crippen LogP contribution in [0.1, 0.15) is 13.8 Å². The first kappa shape index (κ1) is 9.96. The highest BCUT2D eigenvalue weighted by atomic mass is 14.0. The summed E-state index contributed by atoms with van der Waals surface area (Å²) in [4.78, 5) is 0. The second kappa shape index (κ2) is 5.72. The number of allylic oxidation sites excluding steroid dienone is 6. The monoisotopic (exact) mass is 148 g/mol. The molecule has 0 aliphatic rings. The summed E-state index contributed by atoms with van der Waals surface area (Å²) in [6.45, 7) is 11.6. The van der Waals surface area contributed by atoms with Gasteiger partial charge in [-0.1, -0.05) is 57.4 Å². The van der Waals surface area contributed by atoms with E-state index in [-0.39, 0.29) is 0 Å². The first-order chi connectivity index (χ1) is 5.22. The van der Waals surface area contributed by atoms with E-state index in [2.05, 4.69) is 33.1 Å². The zero-order chi connectivity index (χ0) is 8.69. The summed E-state index contributed by atoms with van der Waals surface area (Å²) in [5.74, 6) is 0.546. The molecule has 0 nitrogen and oxygen atoms in total. The summed E-state index contributed by atoms with van der Waals surface area (Å²) in [7, 11) is 0. The molecule has 11 heavy (non-hydrogen) atoms. The quantitative estimate of drug-likeness (QED) is 0.535. The zero-order valence-corrected chi connectivity index (χ0v) is 7.38. The molecule has 0 aromatic carbocycles. The van der Waals surface area contributed by atoms with Crippen molar-refractivity contribution < 1.29 is 0 Å². The zero-order valence-electron chi connectivity index (χ0n) is 7.38. The number of hydrogen-bond donors (Lipinski definition) is 0. The summed E-state index contributed by atoms with van der Waals surface area (Å²) < 4.78 is 0. The molecule has 60 valence electrons. The Labute approximate surface area is 69.6 Å². The summed E-state index contributed by atoms with van der Waals surface area (Å²) in [6, 6.07) is 0. The van der Waals surface area contributed by atoms with Gasteiger partial charge in [0.2, 0.25) is 0 Å². The Balaban J connectivity index is 4.34. The maximum atomic E-state index is 3.65. The molecule has 0 radical (unpaired) electrons. The maximum Gasteiger partial charge on any atom is -0.0219 e. The molecule has 0 heteroatoms. The second-order valence-electron chi connectivity index (χ2n) is 2.65. The molecule has 0 bridgehead atoms. The fraction of sp³-hybridized carbons (Fsp3) is 0.273. The van der Waals surface area contributed by atoms with Crippen molar-refractivity contribution in [2.45, 2.75) is 13.8 Å². The van der Waals surface area contributed by atoms with Gasteiger partial charge in [0, 0.05) is 0 Å². The summed E-state index contributed by atoms with van der Waals surface area (Å²) in [6.07, 6.45) is 9.60.